The normalized spacial score (nSPS) is 12.6. The fraction of sp³-hybridized carbons (Fsp3) is 0.160. The summed E-state index contributed by atoms with van der Waals surface area (Å²) in [7, 11) is 2.04. The fourth-order valence-electron chi connectivity index (χ4n) is 4.34. The number of para-hydroxylation sites is 1. The van der Waals surface area contributed by atoms with Crippen molar-refractivity contribution in [1.82, 2.24) is 14.8 Å². The molecule has 6 heteroatoms. The number of benzene rings is 2. The van der Waals surface area contributed by atoms with E-state index in [4.69, 9.17) is 5.10 Å². The maximum Gasteiger partial charge on any atom is 0.336 e. The molecule has 6 nitrogen and oxygen atoms in total. The molecule has 0 unspecified atom stereocenters. The second-order valence-corrected chi connectivity index (χ2v) is 7.61. The predicted octanol–water partition coefficient (Wildman–Crippen LogP) is 5.01. The summed E-state index contributed by atoms with van der Waals surface area (Å²) in [6, 6.07) is 18.0. The molecule has 0 saturated heterocycles. The summed E-state index contributed by atoms with van der Waals surface area (Å²) < 4.78 is 2.01. The molecule has 1 aliphatic rings. The van der Waals surface area contributed by atoms with Gasteiger partial charge in [-0.25, -0.2) is 4.79 Å². The van der Waals surface area contributed by atoms with Crippen LogP contribution in [0, 0.1) is 0 Å². The third kappa shape index (κ3) is 3.08. The highest BCUT2D eigenvalue weighted by Crippen LogP contribution is 2.39. The number of anilines is 2. The van der Waals surface area contributed by atoms with Crippen molar-refractivity contribution in [3.05, 3.63) is 83.3 Å². The number of pyridine rings is 1. The minimum Gasteiger partial charge on any atom is -0.478 e. The van der Waals surface area contributed by atoms with Crippen molar-refractivity contribution in [1.29, 1.82) is 0 Å². The Kier molecular flexibility index (Phi) is 4.55. The lowest BCUT2D eigenvalue weighted by molar-refractivity contribution is 0.0695. The Bertz CT molecular complexity index is 1340. The van der Waals surface area contributed by atoms with Crippen molar-refractivity contribution in [3.63, 3.8) is 0 Å². The molecular formula is C25H22N4O2. The lowest BCUT2D eigenvalue weighted by Gasteiger charge is -2.19. The van der Waals surface area contributed by atoms with Crippen molar-refractivity contribution in [2.75, 3.05) is 11.9 Å². The first kappa shape index (κ1) is 19.1. The van der Waals surface area contributed by atoms with Gasteiger partial charge in [-0.1, -0.05) is 30.3 Å². The van der Waals surface area contributed by atoms with E-state index >= 15 is 0 Å². The number of nitrogens with zero attached hydrogens (tertiary/aromatic N) is 4. The van der Waals surface area contributed by atoms with Crippen LogP contribution < -0.4 is 4.90 Å². The molecule has 0 spiro atoms. The number of hydrogen-bond donors (Lipinski definition) is 1. The average molecular weight is 410 g/mol. The molecule has 0 fully saturated rings. The predicted molar refractivity (Wildman–Crippen MR) is 123 cm³/mol. The van der Waals surface area contributed by atoms with Crippen LogP contribution in [0.5, 0.6) is 0 Å². The van der Waals surface area contributed by atoms with Gasteiger partial charge in [0, 0.05) is 37.3 Å². The molecule has 5 rings (SSSR count). The van der Waals surface area contributed by atoms with Crippen molar-refractivity contribution in [3.8, 4) is 0 Å². The smallest absolute Gasteiger partial charge is 0.336 e. The first-order valence-corrected chi connectivity index (χ1v) is 10.3. The Balaban J connectivity index is 1.64. The topological polar surface area (TPSA) is 71.2 Å². The van der Waals surface area contributed by atoms with E-state index in [1.807, 2.05) is 42.1 Å². The molecule has 31 heavy (non-hydrogen) atoms. The highest BCUT2D eigenvalue weighted by atomic mass is 16.4. The second kappa shape index (κ2) is 7.40. The minimum atomic E-state index is -0.922. The van der Waals surface area contributed by atoms with Crippen molar-refractivity contribution >= 4 is 39.9 Å². The summed E-state index contributed by atoms with van der Waals surface area (Å²) in [6.45, 7) is 2.78. The summed E-state index contributed by atoms with van der Waals surface area (Å²) >= 11 is 0. The standard InChI is InChI=1S/C25H22N4O2/c1-3-29-24(16-14-20-18(25(30)31)12-13-26-21(20)15-16)19-10-7-11-22(23(19)27-29)28(2)17-8-5-4-6-9-17/h4-13,15H,3,14H2,1-2H3,(H,30,31). The third-order valence-electron chi connectivity index (χ3n) is 5.85. The van der Waals surface area contributed by atoms with Crippen LogP contribution in [0.15, 0.2) is 60.8 Å². The molecule has 0 bridgehead atoms. The molecule has 2 aromatic heterocycles. The van der Waals surface area contributed by atoms with Gasteiger partial charge >= 0.3 is 5.97 Å². The van der Waals surface area contributed by atoms with Gasteiger partial charge in [0.05, 0.1) is 22.6 Å². The molecule has 0 amide bonds. The van der Waals surface area contributed by atoms with Gasteiger partial charge < -0.3 is 10.0 Å². The van der Waals surface area contributed by atoms with Crippen LogP contribution in [0.25, 0.3) is 22.6 Å². The van der Waals surface area contributed by atoms with E-state index in [2.05, 4.69) is 41.1 Å². The van der Waals surface area contributed by atoms with Gasteiger partial charge in [-0.2, -0.15) is 5.10 Å². The quantitative estimate of drug-likeness (QED) is 0.501. The summed E-state index contributed by atoms with van der Waals surface area (Å²) in [4.78, 5) is 18.2. The zero-order chi connectivity index (χ0) is 21.5. The minimum absolute atomic E-state index is 0.313. The summed E-state index contributed by atoms with van der Waals surface area (Å²) in [5.41, 5.74) is 6.91. The van der Waals surface area contributed by atoms with Gasteiger partial charge in [-0.3, -0.25) is 9.67 Å². The Labute approximate surface area is 180 Å². The summed E-state index contributed by atoms with van der Waals surface area (Å²) in [5.74, 6) is -0.922. The van der Waals surface area contributed by atoms with Gasteiger partial charge in [0.1, 0.15) is 5.52 Å². The van der Waals surface area contributed by atoms with Crippen LogP contribution in [0.3, 0.4) is 0 Å². The summed E-state index contributed by atoms with van der Waals surface area (Å²) in [6.07, 6.45) is 4.09. The number of carboxylic acids is 1. The Hall–Kier alpha value is -3.93. The number of aromatic carboxylic acids is 1. The maximum absolute atomic E-state index is 11.7. The lowest BCUT2D eigenvalue weighted by Crippen LogP contribution is -2.09. The first-order valence-electron chi connectivity index (χ1n) is 10.3. The summed E-state index contributed by atoms with van der Waals surface area (Å²) in [5, 5.41) is 15.6. The SMILES string of the molecule is CCn1nc2c(N(C)c3ccccc3)cccc2c1C1=Cc2nccc(C(=O)O)c2C1. The molecule has 4 aromatic rings. The Morgan fingerprint density at radius 2 is 1.94 bits per heavy atom. The van der Waals surface area contributed by atoms with Crippen LogP contribution in [0.4, 0.5) is 11.4 Å². The van der Waals surface area contributed by atoms with Gasteiger partial charge in [-0.05, 0) is 48.4 Å². The van der Waals surface area contributed by atoms with Crippen molar-refractivity contribution < 1.29 is 9.90 Å². The van der Waals surface area contributed by atoms with Crippen LogP contribution in [0.2, 0.25) is 0 Å². The van der Waals surface area contributed by atoms with Crippen LogP contribution in [-0.4, -0.2) is 32.9 Å². The molecule has 1 aliphatic carbocycles. The highest BCUT2D eigenvalue weighted by molar-refractivity contribution is 6.04. The number of hydrogen-bond acceptors (Lipinski definition) is 4. The van der Waals surface area contributed by atoms with E-state index in [0.29, 0.717) is 18.5 Å². The van der Waals surface area contributed by atoms with E-state index in [9.17, 15) is 9.90 Å². The maximum atomic E-state index is 11.7. The number of carbonyl (C=O) groups is 1. The van der Waals surface area contributed by atoms with E-state index in [1.54, 1.807) is 12.3 Å². The molecule has 0 aliphatic heterocycles. The Morgan fingerprint density at radius 1 is 1.13 bits per heavy atom. The molecular weight excluding hydrogens is 388 g/mol. The molecule has 0 saturated carbocycles. The molecule has 1 N–H and O–H groups in total. The van der Waals surface area contributed by atoms with E-state index in [-0.39, 0.29) is 0 Å². The van der Waals surface area contributed by atoms with E-state index < -0.39 is 5.97 Å². The number of fused-ring (bicyclic) bond motifs is 2. The average Bonchev–Trinajstić information content (AvgIpc) is 3.39. The second-order valence-electron chi connectivity index (χ2n) is 7.61. The first-order chi connectivity index (χ1) is 15.1. The van der Waals surface area contributed by atoms with Crippen molar-refractivity contribution in [2.24, 2.45) is 0 Å². The van der Waals surface area contributed by atoms with Crippen molar-refractivity contribution in [2.45, 2.75) is 19.9 Å². The number of carboxylic acid groups (broad SMARTS) is 1. The van der Waals surface area contributed by atoms with E-state index in [1.165, 1.54) is 0 Å². The van der Waals surface area contributed by atoms with Crippen LogP contribution in [-0.2, 0) is 13.0 Å². The van der Waals surface area contributed by atoms with Crippen LogP contribution in [0.1, 0.15) is 34.2 Å². The van der Waals surface area contributed by atoms with Crippen LogP contribution >= 0.6 is 0 Å². The van der Waals surface area contributed by atoms with Gasteiger partial charge in [0.2, 0.25) is 0 Å². The van der Waals surface area contributed by atoms with Gasteiger partial charge in [0.15, 0.2) is 0 Å². The Morgan fingerprint density at radius 3 is 2.68 bits per heavy atom. The zero-order valence-corrected chi connectivity index (χ0v) is 17.4. The monoisotopic (exact) mass is 410 g/mol. The molecule has 2 heterocycles. The lowest BCUT2D eigenvalue weighted by atomic mass is 10.0. The largest absolute Gasteiger partial charge is 0.478 e. The number of aromatic nitrogens is 3. The molecule has 0 radical (unpaired) electrons. The molecule has 154 valence electrons. The fourth-order valence-corrected chi connectivity index (χ4v) is 4.34. The van der Waals surface area contributed by atoms with E-state index in [0.717, 1.165) is 44.8 Å². The zero-order valence-electron chi connectivity index (χ0n) is 17.4. The highest BCUT2D eigenvalue weighted by Gasteiger charge is 2.26. The van der Waals surface area contributed by atoms with Gasteiger partial charge in [-0.15, -0.1) is 0 Å². The number of rotatable bonds is 5. The molecule has 2 aromatic carbocycles. The number of allylic oxidation sites excluding steroid dienone is 1. The molecule has 0 atom stereocenters. The number of aryl methyl sites for hydroxylation is 1. The van der Waals surface area contributed by atoms with Gasteiger partial charge in [0.25, 0.3) is 0 Å². The third-order valence-corrected chi connectivity index (χ3v) is 5.85.